The minimum absolute atomic E-state index is 0.00748. The van der Waals surface area contributed by atoms with Gasteiger partial charge in [-0.2, -0.15) is 5.26 Å². The van der Waals surface area contributed by atoms with Gasteiger partial charge in [0.1, 0.15) is 18.4 Å². The van der Waals surface area contributed by atoms with E-state index in [0.717, 1.165) is 0 Å². The number of allylic oxidation sites excluding steroid dienone is 4. The Morgan fingerprint density at radius 3 is 3.11 bits per heavy atom. The van der Waals surface area contributed by atoms with Gasteiger partial charge in [-0.05, 0) is 25.2 Å². The second kappa shape index (κ2) is 5.05. The van der Waals surface area contributed by atoms with Gasteiger partial charge in [-0.1, -0.05) is 6.08 Å². The highest BCUT2D eigenvalue weighted by molar-refractivity contribution is 5.89. The first-order valence-electron chi connectivity index (χ1n) is 5.75. The molecule has 0 N–H and O–H groups in total. The number of alkyl halides is 1. The third-order valence-electron chi connectivity index (χ3n) is 2.90. The van der Waals surface area contributed by atoms with Gasteiger partial charge in [0.15, 0.2) is 0 Å². The van der Waals surface area contributed by atoms with Crippen molar-refractivity contribution in [1.82, 2.24) is 4.90 Å². The quantitative estimate of drug-likeness (QED) is 0.563. The number of carbonyl (C=O) groups excluding carboxylic acids is 1. The van der Waals surface area contributed by atoms with E-state index in [1.54, 1.807) is 19.1 Å². The molecule has 1 aliphatic carbocycles. The van der Waals surface area contributed by atoms with E-state index in [4.69, 9.17) is 10.00 Å². The maximum Gasteiger partial charge on any atom is 0.354 e. The summed E-state index contributed by atoms with van der Waals surface area (Å²) in [6, 6.07) is 1.97. The van der Waals surface area contributed by atoms with Crippen LogP contribution >= 0.6 is 0 Å². The summed E-state index contributed by atoms with van der Waals surface area (Å²) in [5.74, 6) is -1.02. The van der Waals surface area contributed by atoms with Crippen molar-refractivity contribution in [2.75, 3.05) is 13.2 Å². The summed E-state index contributed by atoms with van der Waals surface area (Å²) < 4.78 is 18.7. The van der Waals surface area contributed by atoms with Crippen LogP contribution in [0.4, 0.5) is 4.39 Å². The summed E-state index contributed by atoms with van der Waals surface area (Å²) in [5, 5.41) is 8.80. The van der Waals surface area contributed by atoms with Crippen LogP contribution in [-0.2, 0) is 9.53 Å². The molecule has 0 fully saturated rings. The molecule has 2 atom stereocenters. The van der Waals surface area contributed by atoms with Gasteiger partial charge in [0.25, 0.3) is 0 Å². The fourth-order valence-electron chi connectivity index (χ4n) is 2.13. The number of nitriles is 1. The average molecular weight is 248 g/mol. The predicted octanol–water partition coefficient (Wildman–Crippen LogP) is 1.68. The van der Waals surface area contributed by atoms with Gasteiger partial charge in [0.05, 0.1) is 18.6 Å². The van der Waals surface area contributed by atoms with Crippen LogP contribution in [0, 0.1) is 17.2 Å². The van der Waals surface area contributed by atoms with Crippen LogP contribution in [0.15, 0.2) is 35.7 Å². The number of carbonyl (C=O) groups is 1. The van der Waals surface area contributed by atoms with Crippen LogP contribution in [0.5, 0.6) is 0 Å². The summed E-state index contributed by atoms with van der Waals surface area (Å²) in [6.45, 7) is 1.96. The fourth-order valence-corrected chi connectivity index (χ4v) is 2.13. The maximum atomic E-state index is 13.7. The summed E-state index contributed by atoms with van der Waals surface area (Å²) in [4.78, 5) is 13.3. The Kier molecular flexibility index (Phi) is 3.47. The van der Waals surface area contributed by atoms with Gasteiger partial charge in [-0.15, -0.1) is 0 Å². The zero-order chi connectivity index (χ0) is 13.1. The van der Waals surface area contributed by atoms with Crippen LogP contribution in [0.1, 0.15) is 6.92 Å². The van der Waals surface area contributed by atoms with Crippen molar-refractivity contribution in [3.05, 3.63) is 35.7 Å². The van der Waals surface area contributed by atoms with Gasteiger partial charge in [-0.25, -0.2) is 9.18 Å². The zero-order valence-corrected chi connectivity index (χ0v) is 9.97. The summed E-state index contributed by atoms with van der Waals surface area (Å²) in [6.07, 6.45) is 5.13. The van der Waals surface area contributed by atoms with Gasteiger partial charge < -0.3 is 9.64 Å². The molecule has 18 heavy (non-hydrogen) atoms. The number of esters is 1. The van der Waals surface area contributed by atoms with E-state index in [1.165, 1.54) is 17.1 Å². The highest BCUT2D eigenvalue weighted by Crippen LogP contribution is 2.37. The van der Waals surface area contributed by atoms with Crippen LogP contribution in [-0.4, -0.2) is 30.2 Å². The lowest BCUT2D eigenvalue weighted by atomic mass is 9.96. The smallest absolute Gasteiger partial charge is 0.354 e. The molecule has 0 aromatic rings. The molecule has 1 aliphatic heterocycles. The van der Waals surface area contributed by atoms with Crippen molar-refractivity contribution in [3.63, 3.8) is 0 Å². The van der Waals surface area contributed by atoms with E-state index in [2.05, 4.69) is 0 Å². The lowest BCUT2D eigenvalue weighted by Crippen LogP contribution is -2.28. The Morgan fingerprint density at radius 1 is 1.67 bits per heavy atom. The summed E-state index contributed by atoms with van der Waals surface area (Å²) in [7, 11) is 0. The number of halogens is 1. The maximum absolute atomic E-state index is 13.7. The Hall–Kier alpha value is -2.09. The molecule has 0 amide bonds. The molecule has 2 unspecified atom stereocenters. The third kappa shape index (κ3) is 2.02. The van der Waals surface area contributed by atoms with Gasteiger partial charge in [-0.3, -0.25) is 0 Å². The first-order chi connectivity index (χ1) is 8.69. The van der Waals surface area contributed by atoms with Gasteiger partial charge in [0, 0.05) is 5.70 Å². The standard InChI is InChI=1S/C13H13FN2O2/c1-2-18-13(17)12-8-9-10(14)4-3-5-11(9)16(12)7-6-15/h3-5,8-10H,2,7H2,1H3. The van der Waals surface area contributed by atoms with Crippen molar-refractivity contribution in [1.29, 1.82) is 5.26 Å². The topological polar surface area (TPSA) is 53.3 Å². The van der Waals surface area contributed by atoms with Gasteiger partial charge in [0.2, 0.25) is 0 Å². The Bertz CT molecular complexity index is 488. The first kappa shape index (κ1) is 12.4. The SMILES string of the molecule is CCOC(=O)C1=CC2C(=CC=CC2F)N1CC#N. The van der Waals surface area contributed by atoms with E-state index in [1.807, 2.05) is 6.07 Å². The fraction of sp³-hybridized carbons (Fsp3) is 0.385. The van der Waals surface area contributed by atoms with Gasteiger partial charge >= 0.3 is 5.97 Å². The summed E-state index contributed by atoms with van der Waals surface area (Å²) in [5.41, 5.74) is 0.885. The normalized spacial score (nSPS) is 25.1. The molecule has 2 aliphatic rings. The number of ether oxygens (including phenoxy) is 1. The molecule has 0 bridgehead atoms. The molecular weight excluding hydrogens is 235 g/mol. The molecule has 0 saturated carbocycles. The molecule has 2 rings (SSSR count). The second-order valence-corrected chi connectivity index (χ2v) is 3.96. The minimum atomic E-state index is -1.17. The van der Waals surface area contributed by atoms with Crippen molar-refractivity contribution in [2.45, 2.75) is 13.1 Å². The zero-order valence-electron chi connectivity index (χ0n) is 9.97. The number of hydrogen-bond acceptors (Lipinski definition) is 4. The molecule has 0 spiro atoms. The molecule has 94 valence electrons. The van der Waals surface area contributed by atoms with E-state index in [0.29, 0.717) is 5.70 Å². The monoisotopic (exact) mass is 248 g/mol. The molecule has 0 aromatic heterocycles. The lowest BCUT2D eigenvalue weighted by molar-refractivity contribution is -0.139. The first-order valence-corrected chi connectivity index (χ1v) is 5.75. The van der Waals surface area contributed by atoms with E-state index >= 15 is 0 Å². The Balaban J connectivity index is 2.31. The lowest BCUT2D eigenvalue weighted by Gasteiger charge is -2.24. The predicted molar refractivity (Wildman–Crippen MR) is 62.6 cm³/mol. The van der Waals surface area contributed by atoms with Crippen LogP contribution in [0.3, 0.4) is 0 Å². The number of nitrogens with zero attached hydrogens (tertiary/aromatic N) is 2. The largest absolute Gasteiger partial charge is 0.461 e. The van der Waals surface area contributed by atoms with Crippen molar-refractivity contribution in [3.8, 4) is 6.07 Å². The molecule has 0 radical (unpaired) electrons. The van der Waals surface area contributed by atoms with Crippen molar-refractivity contribution >= 4 is 5.97 Å². The molecule has 0 saturated heterocycles. The van der Waals surface area contributed by atoms with E-state index in [-0.39, 0.29) is 18.8 Å². The molecular formula is C13H13FN2O2. The molecule has 1 heterocycles. The van der Waals surface area contributed by atoms with Crippen LogP contribution in [0.25, 0.3) is 0 Å². The van der Waals surface area contributed by atoms with Crippen LogP contribution in [0.2, 0.25) is 0 Å². The van der Waals surface area contributed by atoms with E-state index in [9.17, 15) is 9.18 Å². The van der Waals surface area contributed by atoms with Crippen molar-refractivity contribution in [2.24, 2.45) is 5.92 Å². The molecule has 0 aromatic carbocycles. The Morgan fingerprint density at radius 2 is 2.44 bits per heavy atom. The van der Waals surface area contributed by atoms with Crippen LogP contribution < -0.4 is 0 Å². The average Bonchev–Trinajstić information content (AvgIpc) is 2.71. The number of rotatable bonds is 3. The van der Waals surface area contributed by atoms with Crippen molar-refractivity contribution < 1.29 is 13.9 Å². The van der Waals surface area contributed by atoms with E-state index < -0.39 is 18.1 Å². The minimum Gasteiger partial charge on any atom is -0.461 e. The Labute approximate surface area is 105 Å². The molecule has 4 nitrogen and oxygen atoms in total. The third-order valence-corrected chi connectivity index (χ3v) is 2.90. The highest BCUT2D eigenvalue weighted by Gasteiger charge is 2.37. The number of fused-ring (bicyclic) bond motifs is 1. The highest BCUT2D eigenvalue weighted by atomic mass is 19.1. The summed E-state index contributed by atoms with van der Waals surface area (Å²) >= 11 is 0. The number of hydrogen-bond donors (Lipinski definition) is 0. The molecule has 5 heteroatoms. The second-order valence-electron chi connectivity index (χ2n) is 3.96.